The fraction of sp³-hybridized carbons (Fsp3) is 0.900. The lowest BCUT2D eigenvalue weighted by Gasteiger charge is -2.39. The largest absolute Gasteiger partial charge is 0.390 e. The topological polar surface area (TPSA) is 74.1 Å². The molecule has 6 atom stereocenters. The Morgan fingerprint density at radius 3 is 2.94 bits per heavy atom. The Balaban J connectivity index is 2.13. The molecule has 2 aliphatic rings. The van der Waals surface area contributed by atoms with Gasteiger partial charge in [-0.05, 0) is 6.42 Å². The second-order valence-corrected chi connectivity index (χ2v) is 5.28. The summed E-state index contributed by atoms with van der Waals surface area (Å²) in [5.41, 5.74) is -0.446. The fourth-order valence-corrected chi connectivity index (χ4v) is 3.15. The summed E-state index contributed by atoms with van der Waals surface area (Å²) >= 11 is 1.29. The molecule has 2 saturated heterocycles. The molecule has 2 aliphatic heterocycles. The molecular weight excluding hydrogens is 247 g/mol. The van der Waals surface area contributed by atoms with Gasteiger partial charge in [-0.3, -0.25) is 4.99 Å². The Bertz CT molecular complexity index is 318. The number of thioether (sulfide) groups is 1. The Hall–Kier alpha value is -0.370. The molecule has 0 amide bonds. The summed E-state index contributed by atoms with van der Waals surface area (Å²) in [5.74, 6) is 0. The minimum atomic E-state index is -1.47. The van der Waals surface area contributed by atoms with E-state index in [1.807, 2.05) is 0 Å². The summed E-state index contributed by atoms with van der Waals surface area (Å²) in [6.07, 6.45) is -4.09. The highest BCUT2D eigenvalue weighted by Gasteiger charge is 2.51. The number of alkyl halides is 1. The van der Waals surface area contributed by atoms with Crippen LogP contribution in [0.4, 0.5) is 4.39 Å². The number of aliphatic imine (C=N–C) groups is 1. The van der Waals surface area contributed by atoms with Gasteiger partial charge >= 0.3 is 0 Å². The average molecular weight is 264 g/mol. The van der Waals surface area contributed by atoms with E-state index in [0.717, 1.165) is 0 Å². The minimum absolute atomic E-state index is 0.415. The summed E-state index contributed by atoms with van der Waals surface area (Å²) in [7, 11) is 1.61. The number of aliphatic hydroxyl groups is 2. The second-order valence-electron chi connectivity index (χ2n) is 4.20. The second kappa shape index (κ2) is 5.09. The van der Waals surface area contributed by atoms with Crippen molar-refractivity contribution in [3.63, 3.8) is 0 Å². The lowest BCUT2D eigenvalue weighted by atomic mass is 9.95. The number of aliphatic hydroxyl groups excluding tert-OH is 2. The van der Waals surface area contributed by atoms with Crippen molar-refractivity contribution in [2.45, 2.75) is 49.3 Å². The molecule has 6 unspecified atom stereocenters. The van der Waals surface area contributed by atoms with Gasteiger partial charge < -0.3 is 20.3 Å². The number of nitrogens with zero attached hydrogens (tertiary/aromatic N) is 1. The van der Waals surface area contributed by atoms with E-state index in [0.29, 0.717) is 11.6 Å². The van der Waals surface area contributed by atoms with Gasteiger partial charge in [-0.2, -0.15) is 0 Å². The molecule has 0 radical (unpaired) electrons. The van der Waals surface area contributed by atoms with Crippen molar-refractivity contribution in [3.05, 3.63) is 0 Å². The van der Waals surface area contributed by atoms with E-state index >= 15 is 0 Å². The van der Waals surface area contributed by atoms with Crippen LogP contribution in [0.2, 0.25) is 0 Å². The molecule has 2 rings (SSSR count). The molecule has 0 saturated carbocycles. The Labute approximate surface area is 103 Å². The molecule has 0 aromatic heterocycles. The first-order valence-corrected chi connectivity index (χ1v) is 6.52. The summed E-state index contributed by atoms with van der Waals surface area (Å²) < 4.78 is 19.6. The molecule has 0 aromatic rings. The zero-order valence-corrected chi connectivity index (χ0v) is 10.5. The Morgan fingerprint density at radius 2 is 2.35 bits per heavy atom. The van der Waals surface area contributed by atoms with E-state index in [1.165, 1.54) is 11.8 Å². The summed E-state index contributed by atoms with van der Waals surface area (Å²) in [5, 5.41) is 23.0. The highest BCUT2D eigenvalue weighted by Crippen LogP contribution is 2.36. The number of nitrogens with one attached hydrogen (secondary N) is 1. The van der Waals surface area contributed by atoms with Crippen molar-refractivity contribution in [3.8, 4) is 0 Å². The summed E-state index contributed by atoms with van der Waals surface area (Å²) in [6, 6.07) is -0.603. The van der Waals surface area contributed by atoms with Gasteiger partial charge in [0.05, 0.1) is 12.1 Å². The predicted molar refractivity (Wildman–Crippen MR) is 63.7 cm³/mol. The first kappa shape index (κ1) is 13.1. The van der Waals surface area contributed by atoms with Crippen LogP contribution >= 0.6 is 11.8 Å². The Kier molecular flexibility index (Phi) is 3.92. The van der Waals surface area contributed by atoms with Crippen LogP contribution in [0.15, 0.2) is 4.99 Å². The van der Waals surface area contributed by atoms with E-state index in [-0.39, 0.29) is 0 Å². The molecule has 0 bridgehead atoms. The number of amidine groups is 1. The number of halogens is 1. The van der Waals surface area contributed by atoms with Gasteiger partial charge in [-0.25, -0.2) is 4.39 Å². The molecule has 0 aromatic carbocycles. The van der Waals surface area contributed by atoms with Crippen molar-refractivity contribution in [1.82, 2.24) is 5.32 Å². The smallest absolute Gasteiger partial charge is 0.159 e. The molecule has 17 heavy (non-hydrogen) atoms. The first-order chi connectivity index (χ1) is 8.08. The normalized spacial score (nSPS) is 45.5. The van der Waals surface area contributed by atoms with Crippen LogP contribution in [0.5, 0.6) is 0 Å². The molecule has 7 heteroatoms. The van der Waals surface area contributed by atoms with Crippen LogP contribution in [0.1, 0.15) is 13.3 Å². The minimum Gasteiger partial charge on any atom is -0.390 e. The van der Waals surface area contributed by atoms with Gasteiger partial charge in [-0.15, -0.1) is 0 Å². The third-order valence-corrected chi connectivity index (χ3v) is 4.27. The molecule has 5 nitrogen and oxygen atoms in total. The van der Waals surface area contributed by atoms with Gasteiger partial charge in [0, 0.05) is 7.05 Å². The van der Waals surface area contributed by atoms with Gasteiger partial charge in [0.1, 0.15) is 17.6 Å². The SMILES string of the molecule is CCC(O)C1OC2SC(=NC)NC2C(F)C1O. The third-order valence-electron chi connectivity index (χ3n) is 3.11. The van der Waals surface area contributed by atoms with E-state index in [4.69, 9.17) is 4.74 Å². The van der Waals surface area contributed by atoms with Crippen LogP contribution in [0.25, 0.3) is 0 Å². The van der Waals surface area contributed by atoms with Crippen LogP contribution < -0.4 is 5.32 Å². The highest BCUT2D eigenvalue weighted by atomic mass is 32.2. The number of hydrogen-bond acceptors (Lipinski definition) is 5. The maximum atomic E-state index is 14.0. The van der Waals surface area contributed by atoms with Gasteiger partial charge in [0.2, 0.25) is 0 Å². The monoisotopic (exact) mass is 264 g/mol. The molecule has 2 heterocycles. The number of hydrogen-bond donors (Lipinski definition) is 3. The molecule has 98 valence electrons. The van der Waals surface area contributed by atoms with Crippen molar-refractivity contribution >= 4 is 16.9 Å². The quantitative estimate of drug-likeness (QED) is 0.648. The molecule has 3 N–H and O–H groups in total. The van der Waals surface area contributed by atoms with Crippen LogP contribution in [0.3, 0.4) is 0 Å². The van der Waals surface area contributed by atoms with Crippen molar-refractivity contribution in [1.29, 1.82) is 0 Å². The van der Waals surface area contributed by atoms with Gasteiger partial charge in [-0.1, -0.05) is 18.7 Å². The predicted octanol–water partition coefficient (Wildman–Crippen LogP) is -0.128. The molecular formula is C10H17FN2O3S. The maximum Gasteiger partial charge on any atom is 0.159 e. The average Bonchev–Trinajstić information content (AvgIpc) is 2.76. The van der Waals surface area contributed by atoms with Gasteiger partial charge in [0.25, 0.3) is 0 Å². The fourth-order valence-electron chi connectivity index (χ4n) is 2.07. The highest BCUT2D eigenvalue weighted by molar-refractivity contribution is 8.14. The van der Waals surface area contributed by atoms with Crippen molar-refractivity contribution < 1.29 is 19.3 Å². The zero-order valence-electron chi connectivity index (χ0n) is 9.71. The molecule has 0 spiro atoms. The molecule has 2 fully saturated rings. The van der Waals surface area contributed by atoms with E-state index < -0.39 is 36.0 Å². The number of fused-ring (bicyclic) bond motifs is 1. The van der Waals surface area contributed by atoms with E-state index in [9.17, 15) is 14.6 Å². The van der Waals surface area contributed by atoms with Gasteiger partial charge in [0.15, 0.2) is 11.3 Å². The van der Waals surface area contributed by atoms with Crippen molar-refractivity contribution in [2.24, 2.45) is 4.99 Å². The summed E-state index contributed by atoms with van der Waals surface area (Å²) in [4.78, 5) is 3.94. The number of rotatable bonds is 2. The lowest BCUT2D eigenvalue weighted by molar-refractivity contribution is -0.171. The van der Waals surface area contributed by atoms with Crippen LogP contribution in [0, 0.1) is 0 Å². The zero-order chi connectivity index (χ0) is 12.6. The Morgan fingerprint density at radius 1 is 1.65 bits per heavy atom. The van der Waals surface area contributed by atoms with E-state index in [2.05, 4.69) is 10.3 Å². The number of ether oxygens (including phenoxy) is 1. The van der Waals surface area contributed by atoms with E-state index in [1.54, 1.807) is 14.0 Å². The van der Waals surface area contributed by atoms with Crippen molar-refractivity contribution in [2.75, 3.05) is 7.05 Å². The van der Waals surface area contributed by atoms with Crippen LogP contribution in [-0.2, 0) is 4.74 Å². The molecule has 0 aliphatic carbocycles. The lowest BCUT2D eigenvalue weighted by Crippen LogP contribution is -2.59. The standard InChI is InChI=1S/C10H17FN2O3S/c1-3-4(14)8-7(15)5(11)6-9(16-8)17-10(12-2)13-6/h4-9,14-15H,3H2,1-2H3,(H,12,13). The maximum absolute atomic E-state index is 14.0. The van der Waals surface area contributed by atoms with Crippen LogP contribution in [-0.4, -0.2) is 58.4 Å². The first-order valence-electron chi connectivity index (χ1n) is 5.64. The summed E-state index contributed by atoms with van der Waals surface area (Å²) in [6.45, 7) is 1.76. The third kappa shape index (κ3) is 2.29.